The second-order valence-corrected chi connectivity index (χ2v) is 6.16. The molecule has 1 aromatic carbocycles. The van der Waals surface area contributed by atoms with Crippen LogP contribution in [0.25, 0.3) is 0 Å². The van der Waals surface area contributed by atoms with Crippen LogP contribution in [0.4, 0.5) is 0 Å². The monoisotopic (exact) mass is 492 g/mol. The van der Waals surface area contributed by atoms with Crippen LogP contribution in [0.15, 0.2) is 23.2 Å². The minimum atomic E-state index is 0. The van der Waals surface area contributed by atoms with Crippen LogP contribution in [0.2, 0.25) is 0 Å². The van der Waals surface area contributed by atoms with Gasteiger partial charge in [-0.25, -0.2) is 0 Å². The van der Waals surface area contributed by atoms with Crippen LogP contribution in [0, 0.1) is 0 Å². The summed E-state index contributed by atoms with van der Waals surface area (Å²) in [6.45, 7) is 13.2. The molecule has 0 saturated carbocycles. The van der Waals surface area contributed by atoms with Crippen LogP contribution in [0.1, 0.15) is 33.3 Å². The number of hydrogen-bond donors (Lipinski definition) is 2. The first kappa shape index (κ1) is 25.8. The average Bonchev–Trinajstić information content (AvgIpc) is 2.66. The number of halogens is 1. The van der Waals surface area contributed by atoms with E-state index in [4.69, 9.17) is 14.5 Å². The first-order valence-electron chi connectivity index (χ1n) is 9.56. The van der Waals surface area contributed by atoms with Crippen molar-refractivity contribution in [3.8, 4) is 11.5 Å². The highest BCUT2D eigenvalue weighted by molar-refractivity contribution is 14.0. The normalized spacial score (nSPS) is 12.3. The molecule has 156 valence electrons. The van der Waals surface area contributed by atoms with Gasteiger partial charge in [0.2, 0.25) is 0 Å². The summed E-state index contributed by atoms with van der Waals surface area (Å²) in [6, 6.07) is 6.47. The SMILES string of the molecule is CCNC(=NCC(C)N(CC)CC)NCCc1ccc(OC)c(OC)c1.I. The number of ether oxygens (including phenoxy) is 2. The highest BCUT2D eigenvalue weighted by Gasteiger charge is 2.09. The van der Waals surface area contributed by atoms with E-state index in [1.807, 2.05) is 12.1 Å². The molecular weight excluding hydrogens is 455 g/mol. The molecule has 0 bridgehead atoms. The van der Waals surface area contributed by atoms with Crippen molar-refractivity contribution < 1.29 is 9.47 Å². The van der Waals surface area contributed by atoms with Gasteiger partial charge in [0.1, 0.15) is 0 Å². The lowest BCUT2D eigenvalue weighted by Crippen LogP contribution is -2.40. The van der Waals surface area contributed by atoms with Gasteiger partial charge in [0, 0.05) is 19.1 Å². The van der Waals surface area contributed by atoms with Crippen LogP contribution in [0.3, 0.4) is 0 Å². The predicted molar refractivity (Wildman–Crippen MR) is 125 cm³/mol. The van der Waals surface area contributed by atoms with Crippen LogP contribution >= 0.6 is 24.0 Å². The molecule has 0 amide bonds. The van der Waals surface area contributed by atoms with Crippen molar-refractivity contribution in [2.45, 2.75) is 40.2 Å². The number of methoxy groups -OCH3 is 2. The molecule has 0 radical (unpaired) electrons. The fourth-order valence-electron chi connectivity index (χ4n) is 2.89. The largest absolute Gasteiger partial charge is 0.493 e. The van der Waals surface area contributed by atoms with Gasteiger partial charge in [0.05, 0.1) is 20.8 Å². The third kappa shape index (κ3) is 9.01. The van der Waals surface area contributed by atoms with E-state index in [9.17, 15) is 0 Å². The number of likely N-dealkylation sites (N-methyl/N-ethyl adjacent to an activating group) is 1. The quantitative estimate of drug-likeness (QED) is 0.283. The lowest BCUT2D eigenvalue weighted by molar-refractivity contribution is 0.237. The Morgan fingerprint density at radius 1 is 1.07 bits per heavy atom. The Morgan fingerprint density at radius 2 is 1.74 bits per heavy atom. The summed E-state index contributed by atoms with van der Waals surface area (Å²) < 4.78 is 10.6. The van der Waals surface area contributed by atoms with E-state index in [0.717, 1.165) is 56.6 Å². The Morgan fingerprint density at radius 3 is 2.30 bits per heavy atom. The van der Waals surface area contributed by atoms with Gasteiger partial charge < -0.3 is 20.1 Å². The summed E-state index contributed by atoms with van der Waals surface area (Å²) in [5.74, 6) is 2.38. The van der Waals surface area contributed by atoms with Gasteiger partial charge in [-0.2, -0.15) is 0 Å². The second kappa shape index (κ2) is 14.8. The third-order valence-electron chi connectivity index (χ3n) is 4.45. The van der Waals surface area contributed by atoms with E-state index in [2.05, 4.69) is 49.3 Å². The zero-order chi connectivity index (χ0) is 19.4. The number of aliphatic imine (C=N–C) groups is 1. The number of hydrogen-bond acceptors (Lipinski definition) is 4. The number of guanidine groups is 1. The molecule has 7 heteroatoms. The van der Waals surface area contributed by atoms with Crippen molar-refractivity contribution in [3.05, 3.63) is 23.8 Å². The molecule has 6 nitrogen and oxygen atoms in total. The van der Waals surface area contributed by atoms with Crippen molar-refractivity contribution in [3.63, 3.8) is 0 Å². The maximum Gasteiger partial charge on any atom is 0.191 e. The van der Waals surface area contributed by atoms with Crippen molar-refractivity contribution >= 4 is 29.9 Å². The molecule has 0 aliphatic carbocycles. The maximum absolute atomic E-state index is 5.37. The van der Waals surface area contributed by atoms with Crippen LogP contribution in [0.5, 0.6) is 11.5 Å². The van der Waals surface area contributed by atoms with Crippen LogP contribution in [-0.2, 0) is 6.42 Å². The molecule has 1 aromatic rings. The molecule has 0 fully saturated rings. The maximum atomic E-state index is 5.37. The third-order valence-corrected chi connectivity index (χ3v) is 4.45. The lowest BCUT2D eigenvalue weighted by Gasteiger charge is -2.25. The number of nitrogens with one attached hydrogen (secondary N) is 2. The highest BCUT2D eigenvalue weighted by atomic mass is 127. The van der Waals surface area contributed by atoms with Gasteiger partial charge in [0.15, 0.2) is 17.5 Å². The molecule has 0 heterocycles. The molecular formula is C20H37IN4O2. The molecule has 0 aromatic heterocycles. The minimum absolute atomic E-state index is 0. The Hall–Kier alpha value is -1.22. The van der Waals surface area contributed by atoms with E-state index < -0.39 is 0 Å². The van der Waals surface area contributed by atoms with Crippen molar-refractivity contribution in [1.82, 2.24) is 15.5 Å². The second-order valence-electron chi connectivity index (χ2n) is 6.16. The topological polar surface area (TPSA) is 58.1 Å². The van der Waals surface area contributed by atoms with Gasteiger partial charge in [0.25, 0.3) is 0 Å². The van der Waals surface area contributed by atoms with Crippen molar-refractivity contribution in [1.29, 1.82) is 0 Å². The smallest absolute Gasteiger partial charge is 0.191 e. The highest BCUT2D eigenvalue weighted by Crippen LogP contribution is 2.27. The van der Waals surface area contributed by atoms with E-state index in [1.165, 1.54) is 5.56 Å². The van der Waals surface area contributed by atoms with Crippen molar-refractivity contribution in [2.24, 2.45) is 4.99 Å². The van der Waals surface area contributed by atoms with Gasteiger partial charge >= 0.3 is 0 Å². The van der Waals surface area contributed by atoms with E-state index >= 15 is 0 Å². The first-order valence-corrected chi connectivity index (χ1v) is 9.56. The lowest BCUT2D eigenvalue weighted by atomic mass is 10.1. The molecule has 0 spiro atoms. The summed E-state index contributed by atoms with van der Waals surface area (Å²) in [5.41, 5.74) is 1.20. The number of nitrogens with zero attached hydrogens (tertiary/aromatic N) is 2. The fraction of sp³-hybridized carbons (Fsp3) is 0.650. The Labute approximate surface area is 182 Å². The zero-order valence-electron chi connectivity index (χ0n) is 17.7. The molecule has 1 atom stereocenters. The summed E-state index contributed by atoms with van der Waals surface area (Å²) in [5, 5.41) is 6.73. The molecule has 0 saturated heterocycles. The molecule has 1 rings (SSSR count). The molecule has 2 N–H and O–H groups in total. The molecule has 1 unspecified atom stereocenters. The average molecular weight is 492 g/mol. The summed E-state index contributed by atoms with van der Waals surface area (Å²) in [6.07, 6.45) is 0.885. The molecule has 0 aliphatic heterocycles. The van der Waals surface area contributed by atoms with Gasteiger partial charge in [-0.3, -0.25) is 9.89 Å². The summed E-state index contributed by atoms with van der Waals surface area (Å²) >= 11 is 0. The molecule has 0 aliphatic rings. The predicted octanol–water partition coefficient (Wildman–Crippen LogP) is 3.15. The first-order chi connectivity index (χ1) is 12.6. The van der Waals surface area contributed by atoms with E-state index in [1.54, 1.807) is 14.2 Å². The standard InChI is InChI=1S/C20H36N4O2.HI/c1-7-21-20(23-15-16(4)24(8-2)9-3)22-13-12-17-10-11-18(25-5)19(14-17)26-6;/h10-11,14,16H,7-9,12-13,15H2,1-6H3,(H2,21,22,23);1H. The number of benzene rings is 1. The Kier molecular flexibility index (Phi) is 14.1. The zero-order valence-corrected chi connectivity index (χ0v) is 20.0. The fourth-order valence-corrected chi connectivity index (χ4v) is 2.89. The van der Waals surface area contributed by atoms with Crippen LogP contribution < -0.4 is 20.1 Å². The van der Waals surface area contributed by atoms with E-state index in [-0.39, 0.29) is 24.0 Å². The van der Waals surface area contributed by atoms with E-state index in [0.29, 0.717) is 6.04 Å². The van der Waals surface area contributed by atoms with Gasteiger partial charge in [-0.15, -0.1) is 24.0 Å². The van der Waals surface area contributed by atoms with Crippen molar-refractivity contribution in [2.75, 3.05) is 46.9 Å². The van der Waals surface area contributed by atoms with Gasteiger partial charge in [-0.05, 0) is 51.1 Å². The Bertz CT molecular complexity index is 551. The minimum Gasteiger partial charge on any atom is -0.493 e. The van der Waals surface area contributed by atoms with Gasteiger partial charge in [-0.1, -0.05) is 19.9 Å². The molecule has 27 heavy (non-hydrogen) atoms. The summed E-state index contributed by atoms with van der Waals surface area (Å²) in [4.78, 5) is 7.14. The Balaban J connectivity index is 0.00000676. The number of rotatable bonds is 11. The summed E-state index contributed by atoms with van der Waals surface area (Å²) in [7, 11) is 3.31. The van der Waals surface area contributed by atoms with Crippen LogP contribution in [-0.4, -0.2) is 63.8 Å².